The van der Waals surface area contributed by atoms with Crippen molar-refractivity contribution in [3.05, 3.63) is 11.6 Å². The number of aryl methyl sites for hydroxylation is 1. The van der Waals surface area contributed by atoms with E-state index in [0.29, 0.717) is 5.16 Å². The average molecular weight is 284 g/mol. The molecule has 0 fully saturated rings. The number of hydrogen-bond acceptors (Lipinski definition) is 7. The molecule has 0 aliphatic carbocycles. The van der Waals surface area contributed by atoms with Crippen LogP contribution in [-0.2, 0) is 11.8 Å². The summed E-state index contributed by atoms with van der Waals surface area (Å²) >= 11 is 2.76. The Morgan fingerprint density at radius 2 is 2.06 bits per heavy atom. The van der Waals surface area contributed by atoms with Gasteiger partial charge in [-0.3, -0.25) is 0 Å². The molecule has 2 aromatic heterocycles. The second-order valence-electron chi connectivity index (χ2n) is 4.86. The van der Waals surface area contributed by atoms with Crippen LogP contribution in [0.15, 0.2) is 9.50 Å². The minimum absolute atomic E-state index is 0.0414. The van der Waals surface area contributed by atoms with Crippen LogP contribution >= 0.6 is 23.3 Å². The van der Waals surface area contributed by atoms with Crippen molar-refractivity contribution in [2.75, 3.05) is 5.84 Å². The van der Waals surface area contributed by atoms with E-state index in [1.54, 1.807) is 0 Å². The first-order valence-corrected chi connectivity index (χ1v) is 7.22. The summed E-state index contributed by atoms with van der Waals surface area (Å²) in [6.45, 7) is 8.25. The third-order valence-electron chi connectivity index (χ3n) is 2.31. The van der Waals surface area contributed by atoms with Crippen molar-refractivity contribution in [3.63, 3.8) is 0 Å². The van der Waals surface area contributed by atoms with Crippen LogP contribution in [-0.4, -0.2) is 24.2 Å². The molecule has 0 aromatic carbocycles. The zero-order valence-electron chi connectivity index (χ0n) is 10.8. The molecule has 2 N–H and O–H groups in total. The highest BCUT2D eigenvalue weighted by molar-refractivity contribution is 8.00. The Morgan fingerprint density at radius 1 is 1.33 bits per heavy atom. The third kappa shape index (κ3) is 2.64. The van der Waals surface area contributed by atoms with Gasteiger partial charge in [-0.15, -0.1) is 10.2 Å². The average Bonchev–Trinajstić information content (AvgIpc) is 2.87. The molecule has 18 heavy (non-hydrogen) atoms. The maximum absolute atomic E-state index is 5.88. The van der Waals surface area contributed by atoms with Crippen molar-refractivity contribution in [1.82, 2.24) is 24.2 Å². The van der Waals surface area contributed by atoms with Crippen LogP contribution in [0.5, 0.6) is 0 Å². The van der Waals surface area contributed by atoms with E-state index in [2.05, 4.69) is 40.3 Å². The fraction of sp³-hybridized carbons (Fsp3) is 0.600. The van der Waals surface area contributed by atoms with Crippen LogP contribution < -0.4 is 5.84 Å². The number of nitrogens with two attached hydrogens (primary N) is 1. The summed E-state index contributed by atoms with van der Waals surface area (Å²) < 4.78 is 6.69. The fourth-order valence-electron chi connectivity index (χ4n) is 1.25. The molecule has 0 amide bonds. The first-order chi connectivity index (χ1) is 8.41. The first kappa shape index (κ1) is 13.3. The van der Waals surface area contributed by atoms with Crippen LogP contribution in [0, 0.1) is 0 Å². The first-order valence-electron chi connectivity index (χ1n) is 5.63. The molecule has 0 radical (unpaired) electrons. The summed E-state index contributed by atoms with van der Waals surface area (Å²) in [5.41, 5.74) is -0.0414. The molecule has 0 unspecified atom stereocenters. The second-order valence-corrected chi connectivity index (χ2v) is 6.82. The lowest BCUT2D eigenvalue weighted by Gasteiger charge is -2.11. The number of rotatable bonds is 3. The molecule has 0 saturated heterocycles. The highest BCUT2D eigenvalue weighted by Crippen LogP contribution is 2.30. The molecule has 2 rings (SSSR count). The van der Waals surface area contributed by atoms with E-state index in [1.807, 2.05) is 6.92 Å². The maximum atomic E-state index is 5.88. The normalized spacial score (nSPS) is 12.0. The summed E-state index contributed by atoms with van der Waals surface area (Å²) in [7, 11) is 0. The summed E-state index contributed by atoms with van der Waals surface area (Å²) in [6.07, 6.45) is 0.757. The fourth-order valence-corrected chi connectivity index (χ4v) is 2.92. The number of aromatic nitrogens is 5. The predicted molar refractivity (Wildman–Crippen MR) is 72.3 cm³/mol. The van der Waals surface area contributed by atoms with E-state index < -0.39 is 0 Å². The molecule has 0 spiro atoms. The standard InChI is InChI=1S/C10H16N6S2/c1-5-6-13-14-8(16(6)11)17-9-12-7(15-18-9)10(2,3)4/h5,11H2,1-4H3. The Bertz CT molecular complexity index is 539. The quantitative estimate of drug-likeness (QED) is 0.866. The highest BCUT2D eigenvalue weighted by atomic mass is 32.2. The summed E-state index contributed by atoms with van der Waals surface area (Å²) in [5, 5.41) is 8.69. The van der Waals surface area contributed by atoms with Gasteiger partial charge >= 0.3 is 0 Å². The SMILES string of the molecule is CCc1nnc(Sc2nc(C(C)(C)C)ns2)n1N. The van der Waals surface area contributed by atoms with E-state index in [0.717, 1.165) is 22.4 Å². The second kappa shape index (κ2) is 4.85. The minimum atomic E-state index is -0.0414. The molecule has 8 heteroatoms. The van der Waals surface area contributed by atoms with E-state index in [9.17, 15) is 0 Å². The van der Waals surface area contributed by atoms with Gasteiger partial charge in [0.05, 0.1) is 0 Å². The molecular weight excluding hydrogens is 268 g/mol. The van der Waals surface area contributed by atoms with Gasteiger partial charge in [0.2, 0.25) is 5.16 Å². The van der Waals surface area contributed by atoms with Crippen molar-refractivity contribution in [2.45, 2.75) is 49.0 Å². The Labute approximate surface area is 114 Å². The van der Waals surface area contributed by atoms with Crippen molar-refractivity contribution in [3.8, 4) is 0 Å². The molecule has 0 saturated carbocycles. The third-order valence-corrected chi connectivity index (χ3v) is 4.02. The minimum Gasteiger partial charge on any atom is -0.336 e. The number of hydrogen-bond donors (Lipinski definition) is 1. The lowest BCUT2D eigenvalue weighted by atomic mass is 9.96. The van der Waals surface area contributed by atoms with Crippen molar-refractivity contribution in [2.24, 2.45) is 0 Å². The number of nitrogens with zero attached hydrogens (tertiary/aromatic N) is 5. The molecule has 98 valence electrons. The van der Waals surface area contributed by atoms with Gasteiger partial charge in [-0.25, -0.2) is 9.66 Å². The number of nitrogen functional groups attached to an aromatic ring is 1. The largest absolute Gasteiger partial charge is 0.336 e. The van der Waals surface area contributed by atoms with Crippen LogP contribution in [0.3, 0.4) is 0 Å². The predicted octanol–water partition coefficient (Wildman–Crippen LogP) is 1.85. The topological polar surface area (TPSA) is 82.5 Å². The molecule has 0 bridgehead atoms. The van der Waals surface area contributed by atoms with Crippen LogP contribution in [0.4, 0.5) is 0 Å². The Hall–Kier alpha value is -1.15. The molecule has 0 aliphatic heterocycles. The zero-order valence-corrected chi connectivity index (χ0v) is 12.5. The van der Waals surface area contributed by atoms with Crippen molar-refractivity contribution >= 4 is 23.3 Å². The van der Waals surface area contributed by atoms with E-state index in [1.165, 1.54) is 28.0 Å². The van der Waals surface area contributed by atoms with Gasteiger partial charge < -0.3 is 5.84 Å². The van der Waals surface area contributed by atoms with Gasteiger partial charge in [-0.2, -0.15) is 4.37 Å². The maximum Gasteiger partial charge on any atom is 0.216 e. The summed E-state index contributed by atoms with van der Waals surface area (Å²) in [5.74, 6) is 7.49. The summed E-state index contributed by atoms with van der Waals surface area (Å²) in [6, 6.07) is 0. The molecule has 0 atom stereocenters. The Morgan fingerprint density at radius 3 is 2.56 bits per heavy atom. The summed E-state index contributed by atoms with van der Waals surface area (Å²) in [4.78, 5) is 4.49. The monoisotopic (exact) mass is 284 g/mol. The molecular formula is C10H16N6S2. The van der Waals surface area contributed by atoms with E-state index in [-0.39, 0.29) is 5.41 Å². The highest BCUT2D eigenvalue weighted by Gasteiger charge is 2.21. The van der Waals surface area contributed by atoms with Gasteiger partial charge in [0.1, 0.15) is 5.82 Å². The van der Waals surface area contributed by atoms with Crippen molar-refractivity contribution < 1.29 is 0 Å². The van der Waals surface area contributed by atoms with Crippen LogP contribution in [0.2, 0.25) is 0 Å². The molecule has 6 nitrogen and oxygen atoms in total. The van der Waals surface area contributed by atoms with E-state index in [4.69, 9.17) is 5.84 Å². The van der Waals surface area contributed by atoms with Crippen LogP contribution in [0.1, 0.15) is 39.3 Å². The van der Waals surface area contributed by atoms with Gasteiger partial charge in [0, 0.05) is 11.8 Å². The molecule has 0 aliphatic rings. The molecule has 2 aromatic rings. The van der Waals surface area contributed by atoms with Gasteiger partial charge in [-0.1, -0.05) is 27.7 Å². The Kier molecular flexibility index (Phi) is 3.58. The van der Waals surface area contributed by atoms with Gasteiger partial charge in [0.25, 0.3) is 0 Å². The zero-order chi connectivity index (χ0) is 13.3. The van der Waals surface area contributed by atoms with Crippen molar-refractivity contribution in [1.29, 1.82) is 0 Å². The molecule has 2 heterocycles. The van der Waals surface area contributed by atoms with E-state index >= 15 is 0 Å². The van der Waals surface area contributed by atoms with Crippen LogP contribution in [0.25, 0.3) is 0 Å². The lowest BCUT2D eigenvalue weighted by Crippen LogP contribution is -2.13. The van der Waals surface area contributed by atoms with Gasteiger partial charge in [0.15, 0.2) is 10.2 Å². The lowest BCUT2D eigenvalue weighted by molar-refractivity contribution is 0.551. The van der Waals surface area contributed by atoms with Gasteiger partial charge in [-0.05, 0) is 23.3 Å². The Balaban J connectivity index is 2.19. The smallest absolute Gasteiger partial charge is 0.216 e.